The molecule has 1 heterocycles. The molecule has 30 heavy (non-hydrogen) atoms. The van der Waals surface area contributed by atoms with Gasteiger partial charge < -0.3 is 5.32 Å². The largest absolute Gasteiger partial charge is 0.325 e. The fourth-order valence-electron chi connectivity index (χ4n) is 3.22. The van der Waals surface area contributed by atoms with Crippen molar-refractivity contribution >= 4 is 34.0 Å². The van der Waals surface area contributed by atoms with Crippen LogP contribution in [-0.4, -0.2) is 41.1 Å². The average Bonchev–Trinajstić information content (AvgIpc) is 2.74. The maximum atomic E-state index is 12.4. The zero-order valence-corrected chi connectivity index (χ0v) is 17.5. The van der Waals surface area contributed by atoms with Crippen LogP contribution in [0.3, 0.4) is 0 Å². The molecule has 2 N–H and O–H groups in total. The molecule has 3 rings (SSSR count). The molecular formula is C23H23ClN4O2. The first-order chi connectivity index (χ1) is 14.5. The van der Waals surface area contributed by atoms with Gasteiger partial charge in [0.1, 0.15) is 0 Å². The van der Waals surface area contributed by atoms with Crippen molar-refractivity contribution in [1.29, 1.82) is 0 Å². The van der Waals surface area contributed by atoms with E-state index in [1.165, 1.54) is 0 Å². The monoisotopic (exact) mass is 422 g/mol. The van der Waals surface area contributed by atoms with Crippen LogP contribution in [0.5, 0.6) is 0 Å². The van der Waals surface area contributed by atoms with Crippen LogP contribution in [0.2, 0.25) is 5.02 Å². The number of aromatic nitrogens is 2. The number of halogens is 1. The maximum absolute atomic E-state index is 12.4. The van der Waals surface area contributed by atoms with Crippen molar-refractivity contribution in [1.82, 2.24) is 15.1 Å². The number of benzene rings is 2. The summed E-state index contributed by atoms with van der Waals surface area (Å²) in [6.07, 6.45) is 7.31. The number of aromatic amines is 1. The van der Waals surface area contributed by atoms with Gasteiger partial charge in [0.2, 0.25) is 5.91 Å². The molecule has 7 heteroatoms. The number of anilines is 1. The van der Waals surface area contributed by atoms with Crippen molar-refractivity contribution in [3.8, 4) is 23.6 Å². The third-order valence-electron chi connectivity index (χ3n) is 4.76. The van der Waals surface area contributed by atoms with E-state index in [4.69, 9.17) is 18.0 Å². The molecule has 0 spiro atoms. The number of nitrogens with one attached hydrogen (secondary N) is 2. The number of nitrogens with zero attached hydrogens (tertiary/aromatic N) is 2. The van der Waals surface area contributed by atoms with Gasteiger partial charge in [-0.1, -0.05) is 41.8 Å². The number of H-pyrrole nitrogens is 1. The smallest absolute Gasteiger partial charge is 0.272 e. The number of terminal acetylenes is 1. The van der Waals surface area contributed by atoms with Gasteiger partial charge in [0.25, 0.3) is 5.56 Å². The van der Waals surface area contributed by atoms with Crippen LogP contribution in [0.1, 0.15) is 19.3 Å². The van der Waals surface area contributed by atoms with E-state index in [0.717, 1.165) is 30.3 Å². The minimum atomic E-state index is -0.246. The topological polar surface area (TPSA) is 78.1 Å². The van der Waals surface area contributed by atoms with E-state index in [1.807, 2.05) is 30.1 Å². The molecular weight excluding hydrogens is 400 g/mol. The van der Waals surface area contributed by atoms with Gasteiger partial charge in [0.05, 0.1) is 28.3 Å². The summed E-state index contributed by atoms with van der Waals surface area (Å²) < 4.78 is 0. The van der Waals surface area contributed by atoms with Gasteiger partial charge in [-0.2, -0.15) is 5.10 Å². The average molecular weight is 423 g/mol. The summed E-state index contributed by atoms with van der Waals surface area (Å²) >= 11 is 6.29. The minimum absolute atomic E-state index is 0.104. The summed E-state index contributed by atoms with van der Waals surface area (Å²) in [7, 11) is 1.96. The van der Waals surface area contributed by atoms with E-state index in [1.54, 1.807) is 24.3 Å². The van der Waals surface area contributed by atoms with Gasteiger partial charge in [-0.05, 0) is 44.6 Å². The molecule has 0 bridgehead atoms. The third kappa shape index (κ3) is 5.26. The molecule has 2 aromatic carbocycles. The first-order valence-electron chi connectivity index (χ1n) is 9.69. The summed E-state index contributed by atoms with van der Waals surface area (Å²) in [4.78, 5) is 26.4. The highest BCUT2D eigenvalue weighted by molar-refractivity contribution is 6.33. The molecule has 6 nitrogen and oxygen atoms in total. The highest BCUT2D eigenvalue weighted by Gasteiger charge is 2.12. The fourth-order valence-corrected chi connectivity index (χ4v) is 3.38. The molecule has 0 aliphatic rings. The highest BCUT2D eigenvalue weighted by atomic mass is 35.5. The second-order valence-electron chi connectivity index (χ2n) is 7.09. The lowest BCUT2D eigenvalue weighted by Gasteiger charge is -2.13. The van der Waals surface area contributed by atoms with E-state index >= 15 is 0 Å². The Bertz CT molecular complexity index is 1150. The number of fused-ring (bicyclic) bond motifs is 1. The summed E-state index contributed by atoms with van der Waals surface area (Å²) in [6.45, 7) is 1.45. The van der Waals surface area contributed by atoms with Crippen LogP contribution in [-0.2, 0) is 4.79 Å². The Hall–Kier alpha value is -3.14. The lowest BCUT2D eigenvalue weighted by molar-refractivity contribution is -0.116. The van der Waals surface area contributed by atoms with Crippen LogP contribution >= 0.6 is 11.6 Å². The van der Waals surface area contributed by atoms with Gasteiger partial charge in [-0.3, -0.25) is 14.5 Å². The molecule has 0 aliphatic carbocycles. The minimum Gasteiger partial charge on any atom is -0.325 e. The second-order valence-corrected chi connectivity index (χ2v) is 7.50. The van der Waals surface area contributed by atoms with E-state index in [2.05, 4.69) is 21.4 Å². The van der Waals surface area contributed by atoms with Crippen molar-refractivity contribution < 1.29 is 4.79 Å². The Kier molecular flexibility index (Phi) is 7.23. The summed E-state index contributed by atoms with van der Waals surface area (Å²) in [5.74, 6) is 2.49. The second kappa shape index (κ2) is 10.1. The lowest BCUT2D eigenvalue weighted by atomic mass is 10.0. The lowest BCUT2D eigenvalue weighted by Crippen LogP contribution is -2.20. The third-order valence-corrected chi connectivity index (χ3v) is 5.09. The molecule has 0 saturated heterocycles. The van der Waals surface area contributed by atoms with E-state index in [-0.39, 0.29) is 11.5 Å². The number of hydrogen-bond donors (Lipinski definition) is 2. The number of hydrogen-bond acceptors (Lipinski definition) is 4. The molecule has 0 aliphatic heterocycles. The van der Waals surface area contributed by atoms with Gasteiger partial charge >= 0.3 is 0 Å². The molecule has 1 aromatic heterocycles. The first kappa shape index (κ1) is 21.6. The van der Waals surface area contributed by atoms with E-state index < -0.39 is 0 Å². The van der Waals surface area contributed by atoms with Crippen molar-refractivity contribution in [2.45, 2.75) is 19.3 Å². The number of unbranched alkanes of at least 4 members (excludes halogenated alkanes) is 1. The highest BCUT2D eigenvalue weighted by Crippen LogP contribution is 2.30. The summed E-state index contributed by atoms with van der Waals surface area (Å²) in [5.41, 5.74) is 1.64. The molecule has 0 saturated carbocycles. The van der Waals surface area contributed by atoms with Crippen molar-refractivity contribution in [3.63, 3.8) is 0 Å². The molecule has 0 radical (unpaired) electrons. The van der Waals surface area contributed by atoms with Gasteiger partial charge in [0.15, 0.2) is 0 Å². The van der Waals surface area contributed by atoms with Gasteiger partial charge in [-0.15, -0.1) is 6.42 Å². The van der Waals surface area contributed by atoms with Crippen LogP contribution < -0.4 is 10.9 Å². The van der Waals surface area contributed by atoms with Crippen LogP contribution in [0.4, 0.5) is 5.69 Å². The van der Waals surface area contributed by atoms with Gasteiger partial charge in [-0.25, -0.2) is 5.10 Å². The summed E-state index contributed by atoms with van der Waals surface area (Å²) in [6, 6.07) is 12.5. The Morgan fingerprint density at radius 3 is 2.77 bits per heavy atom. The van der Waals surface area contributed by atoms with E-state index in [9.17, 15) is 9.59 Å². The van der Waals surface area contributed by atoms with Crippen LogP contribution in [0, 0.1) is 12.3 Å². The molecule has 0 fully saturated rings. The predicted octanol–water partition coefficient (Wildman–Crippen LogP) is 3.92. The van der Waals surface area contributed by atoms with Crippen molar-refractivity contribution in [2.75, 3.05) is 25.5 Å². The fraction of sp³-hybridized carbons (Fsp3) is 0.261. The summed E-state index contributed by atoms with van der Waals surface area (Å²) in [5, 5.41) is 11.3. The Morgan fingerprint density at radius 2 is 2.00 bits per heavy atom. The van der Waals surface area contributed by atoms with Crippen LogP contribution in [0.25, 0.3) is 22.0 Å². The molecule has 0 unspecified atom stereocenters. The standard InChI is InChI=1S/C23H23ClN4O2/c1-3-13-28(2)14-7-6-10-21(29)25-20-15-16(11-12-19(20)24)22-17-8-4-5-9-18(17)23(30)27-26-22/h1,4-5,8-9,11-12,15H,6-7,10,13-14H2,2H3,(H,25,29)(H,27,30). The molecule has 3 aromatic rings. The normalized spacial score (nSPS) is 10.9. The number of rotatable bonds is 8. The van der Waals surface area contributed by atoms with Gasteiger partial charge in [0, 0.05) is 17.4 Å². The SMILES string of the molecule is C#CCN(C)CCCCC(=O)Nc1cc(-c2n[nH]c(=O)c3ccccc23)ccc1Cl. The number of carbonyl (C=O) groups excluding carboxylic acids is 1. The Morgan fingerprint density at radius 1 is 1.23 bits per heavy atom. The van der Waals surface area contributed by atoms with E-state index in [0.29, 0.717) is 34.8 Å². The Balaban J connectivity index is 1.72. The number of carbonyl (C=O) groups is 1. The number of amides is 1. The first-order valence-corrected chi connectivity index (χ1v) is 10.1. The molecule has 154 valence electrons. The zero-order chi connectivity index (χ0) is 21.5. The van der Waals surface area contributed by atoms with Crippen molar-refractivity contribution in [2.24, 2.45) is 0 Å². The molecule has 0 atom stereocenters. The predicted molar refractivity (Wildman–Crippen MR) is 122 cm³/mol. The maximum Gasteiger partial charge on any atom is 0.272 e. The Labute approximate surface area is 180 Å². The zero-order valence-electron chi connectivity index (χ0n) is 16.7. The van der Waals surface area contributed by atoms with Crippen molar-refractivity contribution in [3.05, 3.63) is 57.8 Å². The quantitative estimate of drug-likeness (QED) is 0.426. The molecule has 1 amide bonds. The van der Waals surface area contributed by atoms with Crippen LogP contribution in [0.15, 0.2) is 47.3 Å².